The second-order valence-corrected chi connectivity index (χ2v) is 2.95. The van der Waals surface area contributed by atoms with E-state index in [4.69, 9.17) is 10.5 Å². The first-order valence-electron chi connectivity index (χ1n) is 4.65. The van der Waals surface area contributed by atoms with Crippen molar-refractivity contribution in [1.29, 1.82) is 0 Å². The van der Waals surface area contributed by atoms with E-state index >= 15 is 0 Å². The number of rotatable bonds is 6. The molecule has 0 saturated carbocycles. The molecule has 2 N–H and O–H groups in total. The molecule has 16 heavy (non-hydrogen) atoms. The van der Waals surface area contributed by atoms with Crippen molar-refractivity contribution in [1.82, 2.24) is 9.78 Å². The van der Waals surface area contributed by atoms with E-state index in [0.717, 1.165) is 0 Å². The molecule has 0 unspecified atom stereocenters. The van der Waals surface area contributed by atoms with E-state index in [2.05, 4.69) is 5.10 Å². The predicted molar refractivity (Wildman–Crippen MR) is 53.9 cm³/mol. The van der Waals surface area contributed by atoms with Crippen LogP contribution in [-0.4, -0.2) is 33.8 Å². The standard InChI is InChI=1S/C8H12N4O4/c1-2-16-4-3-11-5-6(7(9)13)8(10-11)12(14)15/h5H,2-4H2,1H3,(H2,9,13). The van der Waals surface area contributed by atoms with Crippen molar-refractivity contribution < 1.29 is 14.5 Å². The third kappa shape index (κ3) is 2.76. The van der Waals surface area contributed by atoms with Gasteiger partial charge in [-0.2, -0.15) is 4.68 Å². The Morgan fingerprint density at radius 1 is 1.75 bits per heavy atom. The molecule has 0 aliphatic rings. The molecule has 1 heterocycles. The van der Waals surface area contributed by atoms with E-state index in [1.807, 2.05) is 6.92 Å². The molecule has 0 aliphatic carbocycles. The zero-order valence-electron chi connectivity index (χ0n) is 8.75. The number of amides is 1. The number of ether oxygens (including phenoxy) is 1. The molecular weight excluding hydrogens is 216 g/mol. The number of primary amides is 1. The van der Waals surface area contributed by atoms with Crippen LogP contribution in [0.2, 0.25) is 0 Å². The summed E-state index contributed by atoms with van der Waals surface area (Å²) in [5.41, 5.74) is 4.80. The lowest BCUT2D eigenvalue weighted by molar-refractivity contribution is -0.390. The number of nitrogens with zero attached hydrogens (tertiary/aromatic N) is 3. The van der Waals surface area contributed by atoms with Gasteiger partial charge in [0.25, 0.3) is 5.91 Å². The summed E-state index contributed by atoms with van der Waals surface area (Å²) >= 11 is 0. The summed E-state index contributed by atoms with van der Waals surface area (Å²) in [5.74, 6) is -1.39. The van der Waals surface area contributed by atoms with Crippen LogP contribution in [0.25, 0.3) is 0 Å². The molecule has 0 fully saturated rings. The first kappa shape index (κ1) is 12.1. The zero-order valence-corrected chi connectivity index (χ0v) is 8.75. The van der Waals surface area contributed by atoms with Crippen LogP contribution in [0.4, 0.5) is 5.82 Å². The van der Waals surface area contributed by atoms with Crippen molar-refractivity contribution in [3.8, 4) is 0 Å². The highest BCUT2D eigenvalue weighted by Crippen LogP contribution is 2.14. The van der Waals surface area contributed by atoms with Crippen molar-refractivity contribution in [2.24, 2.45) is 5.73 Å². The largest absolute Gasteiger partial charge is 0.402 e. The Kier molecular flexibility index (Phi) is 3.95. The molecule has 0 atom stereocenters. The maximum absolute atomic E-state index is 10.9. The van der Waals surface area contributed by atoms with E-state index in [9.17, 15) is 14.9 Å². The van der Waals surface area contributed by atoms with Crippen molar-refractivity contribution in [2.75, 3.05) is 13.2 Å². The second kappa shape index (κ2) is 5.21. The van der Waals surface area contributed by atoms with Gasteiger partial charge in [0.2, 0.25) is 0 Å². The SMILES string of the molecule is CCOCCn1cc(C(N)=O)c([N+](=O)[O-])n1. The molecule has 0 bridgehead atoms. The number of carbonyl (C=O) groups is 1. The molecule has 0 spiro atoms. The molecule has 1 aromatic heterocycles. The van der Waals surface area contributed by atoms with Gasteiger partial charge in [-0.25, -0.2) is 0 Å². The molecule has 1 rings (SSSR count). The van der Waals surface area contributed by atoms with Crippen LogP contribution in [0.1, 0.15) is 17.3 Å². The van der Waals surface area contributed by atoms with Crippen LogP contribution in [0.3, 0.4) is 0 Å². The second-order valence-electron chi connectivity index (χ2n) is 2.95. The van der Waals surface area contributed by atoms with Gasteiger partial charge >= 0.3 is 5.82 Å². The molecule has 0 radical (unpaired) electrons. The minimum absolute atomic E-state index is 0.193. The highest BCUT2D eigenvalue weighted by atomic mass is 16.6. The smallest absolute Gasteiger partial charge is 0.380 e. The summed E-state index contributed by atoms with van der Waals surface area (Å²) < 4.78 is 6.33. The minimum Gasteiger partial charge on any atom is -0.380 e. The van der Waals surface area contributed by atoms with Crippen LogP contribution in [-0.2, 0) is 11.3 Å². The molecule has 1 amide bonds. The van der Waals surface area contributed by atoms with E-state index in [-0.39, 0.29) is 5.56 Å². The fourth-order valence-corrected chi connectivity index (χ4v) is 1.14. The van der Waals surface area contributed by atoms with Gasteiger partial charge in [-0.3, -0.25) is 4.79 Å². The van der Waals surface area contributed by atoms with Crippen LogP contribution in [0.15, 0.2) is 6.20 Å². The maximum Gasteiger partial charge on any atom is 0.402 e. The average molecular weight is 228 g/mol. The van der Waals surface area contributed by atoms with Crippen molar-refractivity contribution in [3.05, 3.63) is 21.9 Å². The van der Waals surface area contributed by atoms with Gasteiger partial charge in [-0.1, -0.05) is 0 Å². The van der Waals surface area contributed by atoms with Gasteiger partial charge in [0.15, 0.2) is 5.56 Å². The quantitative estimate of drug-likeness (QED) is 0.415. The summed E-state index contributed by atoms with van der Waals surface area (Å²) in [6.07, 6.45) is 1.25. The third-order valence-electron chi connectivity index (χ3n) is 1.85. The van der Waals surface area contributed by atoms with Gasteiger partial charge in [-0.05, 0) is 11.8 Å². The zero-order chi connectivity index (χ0) is 12.1. The molecule has 0 aliphatic heterocycles. The Hall–Kier alpha value is -1.96. The summed E-state index contributed by atoms with van der Waals surface area (Å²) in [6, 6.07) is 0. The maximum atomic E-state index is 10.9. The van der Waals surface area contributed by atoms with Crippen LogP contribution in [0.5, 0.6) is 0 Å². The number of carbonyl (C=O) groups excluding carboxylic acids is 1. The van der Waals surface area contributed by atoms with E-state index < -0.39 is 16.6 Å². The highest BCUT2D eigenvalue weighted by Gasteiger charge is 2.24. The Bertz CT molecular complexity index is 369. The molecule has 88 valence electrons. The summed E-state index contributed by atoms with van der Waals surface area (Å²) in [7, 11) is 0. The predicted octanol–water partition coefficient (Wildman–Crippen LogP) is -0.0733. The molecular formula is C8H12N4O4. The number of nitrogens with two attached hydrogens (primary N) is 1. The minimum atomic E-state index is -0.866. The van der Waals surface area contributed by atoms with Gasteiger partial charge in [-0.15, -0.1) is 0 Å². The Balaban J connectivity index is 2.84. The Labute approximate surface area is 91.1 Å². The van der Waals surface area contributed by atoms with Crippen LogP contribution >= 0.6 is 0 Å². The normalized spacial score (nSPS) is 10.3. The van der Waals surface area contributed by atoms with Gasteiger partial charge in [0, 0.05) is 6.61 Å². The first-order valence-corrected chi connectivity index (χ1v) is 4.65. The molecule has 8 heteroatoms. The lowest BCUT2D eigenvalue weighted by atomic mass is 10.3. The van der Waals surface area contributed by atoms with E-state index in [0.29, 0.717) is 19.8 Å². The molecule has 8 nitrogen and oxygen atoms in total. The summed E-state index contributed by atoms with van der Waals surface area (Å²) in [6.45, 7) is 3.09. The Morgan fingerprint density at radius 3 is 2.88 bits per heavy atom. The van der Waals surface area contributed by atoms with Crippen molar-refractivity contribution in [2.45, 2.75) is 13.5 Å². The summed E-state index contributed by atoms with van der Waals surface area (Å²) in [5, 5.41) is 14.2. The monoisotopic (exact) mass is 228 g/mol. The van der Waals surface area contributed by atoms with Gasteiger partial charge < -0.3 is 20.6 Å². The van der Waals surface area contributed by atoms with Crippen molar-refractivity contribution in [3.63, 3.8) is 0 Å². The van der Waals surface area contributed by atoms with Crippen molar-refractivity contribution >= 4 is 11.7 Å². The van der Waals surface area contributed by atoms with E-state index in [1.54, 1.807) is 0 Å². The number of hydrogen-bond acceptors (Lipinski definition) is 5. The Morgan fingerprint density at radius 2 is 2.44 bits per heavy atom. The highest BCUT2D eigenvalue weighted by molar-refractivity contribution is 5.95. The lowest BCUT2D eigenvalue weighted by Crippen LogP contribution is -2.12. The molecule has 0 aromatic carbocycles. The fourth-order valence-electron chi connectivity index (χ4n) is 1.14. The third-order valence-corrected chi connectivity index (χ3v) is 1.85. The first-order chi connectivity index (χ1) is 7.56. The lowest BCUT2D eigenvalue weighted by Gasteiger charge is -1.96. The summed E-state index contributed by atoms with van der Waals surface area (Å²) in [4.78, 5) is 20.7. The molecule has 1 aromatic rings. The van der Waals surface area contributed by atoms with Crippen LogP contribution < -0.4 is 5.73 Å². The number of aromatic nitrogens is 2. The average Bonchev–Trinajstić information content (AvgIpc) is 2.62. The van der Waals surface area contributed by atoms with Gasteiger partial charge in [0.05, 0.1) is 24.4 Å². The number of nitro groups is 1. The van der Waals surface area contributed by atoms with Crippen LogP contribution in [0, 0.1) is 10.1 Å². The fraction of sp³-hybridized carbons (Fsp3) is 0.500. The topological polar surface area (TPSA) is 113 Å². The molecule has 0 saturated heterocycles. The van der Waals surface area contributed by atoms with Gasteiger partial charge in [0.1, 0.15) is 0 Å². The van der Waals surface area contributed by atoms with E-state index in [1.165, 1.54) is 10.9 Å². The number of hydrogen-bond donors (Lipinski definition) is 1.